The van der Waals surface area contributed by atoms with E-state index in [1.807, 2.05) is 0 Å². The Labute approximate surface area is 86.3 Å². The summed E-state index contributed by atoms with van der Waals surface area (Å²) in [6.07, 6.45) is 4.34. The van der Waals surface area contributed by atoms with E-state index in [4.69, 9.17) is 0 Å². The lowest BCUT2D eigenvalue weighted by Crippen LogP contribution is -2.59. The molecule has 0 amide bonds. The van der Waals surface area contributed by atoms with Crippen LogP contribution < -0.4 is 10.6 Å². The molecule has 0 aromatic rings. The van der Waals surface area contributed by atoms with E-state index in [2.05, 4.69) is 17.6 Å². The number of rotatable bonds is 2. The van der Waals surface area contributed by atoms with Crippen molar-refractivity contribution in [1.82, 2.24) is 10.6 Å². The summed E-state index contributed by atoms with van der Waals surface area (Å²) in [7, 11) is 0. The van der Waals surface area contributed by atoms with Gasteiger partial charge in [0, 0.05) is 18.5 Å². The summed E-state index contributed by atoms with van der Waals surface area (Å²) in [5.74, 6) is 0.423. The molecule has 3 heteroatoms. The molecule has 14 heavy (non-hydrogen) atoms. The minimum Gasteiger partial charge on any atom is -0.388 e. The van der Waals surface area contributed by atoms with E-state index in [0.29, 0.717) is 12.0 Å². The van der Waals surface area contributed by atoms with Gasteiger partial charge < -0.3 is 15.7 Å². The SMILES string of the molecule is CCC1CNCCC1(O)C1CCCN1. The first-order chi connectivity index (χ1) is 6.77. The summed E-state index contributed by atoms with van der Waals surface area (Å²) < 4.78 is 0. The molecule has 0 radical (unpaired) electrons. The molecule has 2 rings (SSSR count). The third-order valence-electron chi connectivity index (χ3n) is 3.96. The summed E-state index contributed by atoms with van der Waals surface area (Å²) in [6, 6.07) is 0.342. The van der Waals surface area contributed by atoms with Crippen LogP contribution in [0.2, 0.25) is 0 Å². The first kappa shape index (κ1) is 10.4. The number of aliphatic hydroxyl groups is 1. The van der Waals surface area contributed by atoms with Crippen LogP contribution in [0.1, 0.15) is 32.6 Å². The van der Waals surface area contributed by atoms with Crippen LogP contribution in [0.4, 0.5) is 0 Å². The molecule has 0 aromatic carbocycles. The molecule has 0 aliphatic carbocycles. The lowest BCUT2D eigenvalue weighted by Gasteiger charge is -2.44. The molecule has 3 nitrogen and oxygen atoms in total. The molecule has 2 fully saturated rings. The van der Waals surface area contributed by atoms with Crippen molar-refractivity contribution < 1.29 is 5.11 Å². The molecule has 2 heterocycles. The first-order valence-electron chi connectivity index (χ1n) is 5.94. The minimum absolute atomic E-state index is 0.342. The summed E-state index contributed by atoms with van der Waals surface area (Å²) >= 11 is 0. The van der Waals surface area contributed by atoms with Gasteiger partial charge in [-0.25, -0.2) is 0 Å². The van der Waals surface area contributed by atoms with E-state index in [-0.39, 0.29) is 0 Å². The van der Waals surface area contributed by atoms with Crippen molar-refractivity contribution in [2.45, 2.75) is 44.2 Å². The fourth-order valence-electron chi connectivity index (χ4n) is 3.01. The predicted molar refractivity (Wildman–Crippen MR) is 57.2 cm³/mol. The Bertz CT molecular complexity index is 188. The van der Waals surface area contributed by atoms with Crippen LogP contribution >= 0.6 is 0 Å². The maximum Gasteiger partial charge on any atom is 0.0852 e. The second-order valence-electron chi connectivity index (χ2n) is 4.70. The van der Waals surface area contributed by atoms with Gasteiger partial charge in [-0.2, -0.15) is 0 Å². The van der Waals surface area contributed by atoms with E-state index in [0.717, 1.165) is 38.9 Å². The van der Waals surface area contributed by atoms with Gasteiger partial charge in [0.2, 0.25) is 0 Å². The van der Waals surface area contributed by atoms with E-state index < -0.39 is 5.60 Å². The van der Waals surface area contributed by atoms with Crippen LogP contribution in [0.5, 0.6) is 0 Å². The van der Waals surface area contributed by atoms with Crippen LogP contribution in [0.3, 0.4) is 0 Å². The van der Waals surface area contributed by atoms with Gasteiger partial charge in [0.15, 0.2) is 0 Å². The zero-order chi connectivity index (χ0) is 10.0. The summed E-state index contributed by atoms with van der Waals surface area (Å²) in [5, 5.41) is 17.6. The number of piperidine rings is 1. The number of hydrogen-bond acceptors (Lipinski definition) is 3. The van der Waals surface area contributed by atoms with E-state index >= 15 is 0 Å². The highest BCUT2D eigenvalue weighted by Crippen LogP contribution is 2.33. The van der Waals surface area contributed by atoms with Gasteiger partial charge in [0.1, 0.15) is 0 Å². The zero-order valence-electron chi connectivity index (χ0n) is 9.05. The molecule has 2 aliphatic heterocycles. The Kier molecular flexibility index (Phi) is 3.10. The Hall–Kier alpha value is -0.120. The predicted octanol–water partition coefficient (Wildman–Crippen LogP) is 0.489. The molecule has 3 atom stereocenters. The van der Waals surface area contributed by atoms with Crippen molar-refractivity contribution in [1.29, 1.82) is 0 Å². The van der Waals surface area contributed by atoms with Crippen molar-refractivity contribution in [3.63, 3.8) is 0 Å². The Morgan fingerprint density at radius 1 is 1.43 bits per heavy atom. The van der Waals surface area contributed by atoms with Gasteiger partial charge in [0.25, 0.3) is 0 Å². The van der Waals surface area contributed by atoms with E-state index in [1.165, 1.54) is 6.42 Å². The highest BCUT2D eigenvalue weighted by molar-refractivity contribution is 5.01. The van der Waals surface area contributed by atoms with Crippen LogP contribution in [-0.2, 0) is 0 Å². The standard InChI is InChI=1S/C11H22N2O/c1-2-9-8-12-7-5-11(9,14)10-4-3-6-13-10/h9-10,12-14H,2-8H2,1H3. The largest absolute Gasteiger partial charge is 0.388 e. The van der Waals surface area contributed by atoms with Gasteiger partial charge >= 0.3 is 0 Å². The second kappa shape index (κ2) is 4.17. The Balaban J connectivity index is 2.08. The zero-order valence-corrected chi connectivity index (χ0v) is 9.05. The van der Waals surface area contributed by atoms with Crippen molar-refractivity contribution in [2.24, 2.45) is 5.92 Å². The third kappa shape index (κ3) is 1.69. The fourth-order valence-corrected chi connectivity index (χ4v) is 3.01. The van der Waals surface area contributed by atoms with Crippen LogP contribution in [0.15, 0.2) is 0 Å². The second-order valence-corrected chi connectivity index (χ2v) is 4.70. The number of hydrogen-bond donors (Lipinski definition) is 3. The van der Waals surface area contributed by atoms with Gasteiger partial charge in [-0.05, 0) is 38.8 Å². The molecule has 0 aromatic heterocycles. The van der Waals surface area contributed by atoms with E-state index in [9.17, 15) is 5.11 Å². The third-order valence-corrected chi connectivity index (χ3v) is 3.96. The molecule has 82 valence electrons. The molecule has 3 N–H and O–H groups in total. The molecule has 0 bridgehead atoms. The Morgan fingerprint density at radius 3 is 2.93 bits per heavy atom. The Morgan fingerprint density at radius 2 is 2.29 bits per heavy atom. The molecule has 3 unspecified atom stereocenters. The highest BCUT2D eigenvalue weighted by Gasteiger charge is 2.45. The van der Waals surface area contributed by atoms with Gasteiger partial charge in [0.05, 0.1) is 5.60 Å². The maximum absolute atomic E-state index is 10.7. The summed E-state index contributed by atoms with van der Waals surface area (Å²) in [4.78, 5) is 0. The lowest BCUT2D eigenvalue weighted by molar-refractivity contribution is -0.0672. The van der Waals surface area contributed by atoms with Crippen LogP contribution in [-0.4, -0.2) is 36.4 Å². The number of nitrogens with one attached hydrogen (secondary N) is 2. The van der Waals surface area contributed by atoms with Gasteiger partial charge in [-0.3, -0.25) is 0 Å². The van der Waals surface area contributed by atoms with Crippen LogP contribution in [0, 0.1) is 5.92 Å². The van der Waals surface area contributed by atoms with Crippen molar-refractivity contribution in [2.75, 3.05) is 19.6 Å². The first-order valence-corrected chi connectivity index (χ1v) is 5.94. The topological polar surface area (TPSA) is 44.3 Å². The molecule has 0 spiro atoms. The fraction of sp³-hybridized carbons (Fsp3) is 1.00. The molecular formula is C11H22N2O. The lowest BCUT2D eigenvalue weighted by atomic mass is 9.74. The average molecular weight is 198 g/mol. The average Bonchev–Trinajstić information content (AvgIpc) is 2.72. The van der Waals surface area contributed by atoms with Crippen molar-refractivity contribution in [3.05, 3.63) is 0 Å². The molecule has 2 aliphatic rings. The molecule has 0 saturated carbocycles. The summed E-state index contributed by atoms with van der Waals surface area (Å²) in [5.41, 5.74) is -0.448. The maximum atomic E-state index is 10.7. The highest BCUT2D eigenvalue weighted by atomic mass is 16.3. The van der Waals surface area contributed by atoms with Gasteiger partial charge in [-0.1, -0.05) is 6.92 Å². The van der Waals surface area contributed by atoms with E-state index in [1.54, 1.807) is 0 Å². The summed E-state index contributed by atoms with van der Waals surface area (Å²) in [6.45, 7) is 5.20. The monoisotopic (exact) mass is 198 g/mol. The van der Waals surface area contributed by atoms with Crippen LogP contribution in [0.25, 0.3) is 0 Å². The molecular weight excluding hydrogens is 176 g/mol. The minimum atomic E-state index is -0.448. The van der Waals surface area contributed by atoms with Crippen molar-refractivity contribution in [3.8, 4) is 0 Å². The molecule has 2 saturated heterocycles. The van der Waals surface area contributed by atoms with Gasteiger partial charge in [-0.15, -0.1) is 0 Å². The quantitative estimate of drug-likeness (QED) is 0.605. The smallest absolute Gasteiger partial charge is 0.0852 e. The van der Waals surface area contributed by atoms with Crippen molar-refractivity contribution >= 4 is 0 Å². The normalized spacial score (nSPS) is 44.1.